The predicted molar refractivity (Wildman–Crippen MR) is 85.1 cm³/mol. The van der Waals surface area contributed by atoms with E-state index < -0.39 is 15.7 Å². The monoisotopic (exact) mass is 318 g/mol. The Balaban J connectivity index is 2.06. The Labute approximate surface area is 129 Å². The van der Waals surface area contributed by atoms with E-state index in [1.165, 1.54) is 0 Å². The van der Waals surface area contributed by atoms with Gasteiger partial charge in [-0.05, 0) is 41.8 Å². The summed E-state index contributed by atoms with van der Waals surface area (Å²) in [5, 5.41) is 0. The highest BCUT2D eigenvalue weighted by Crippen LogP contribution is 2.14. The van der Waals surface area contributed by atoms with Crippen LogP contribution in [0.3, 0.4) is 0 Å². The van der Waals surface area contributed by atoms with E-state index in [2.05, 4.69) is 0 Å². The van der Waals surface area contributed by atoms with Crippen LogP contribution in [0.1, 0.15) is 21.5 Å². The lowest BCUT2D eigenvalue weighted by Gasteiger charge is -2.06. The van der Waals surface area contributed by atoms with Crippen molar-refractivity contribution in [3.05, 3.63) is 65.2 Å². The molecule has 0 fully saturated rings. The van der Waals surface area contributed by atoms with Gasteiger partial charge in [0.2, 0.25) is 5.91 Å². The maximum atomic E-state index is 12.3. The molecule has 2 aromatic rings. The summed E-state index contributed by atoms with van der Waals surface area (Å²) >= 11 is 0. The smallest absolute Gasteiger partial charge is 0.248 e. The highest BCUT2D eigenvalue weighted by atomic mass is 32.2. The van der Waals surface area contributed by atoms with E-state index >= 15 is 0 Å². The van der Waals surface area contributed by atoms with E-state index in [-0.39, 0.29) is 5.75 Å². The fraction of sp³-hybridized carbons (Fsp3) is 0.188. The van der Waals surface area contributed by atoms with Crippen molar-refractivity contribution in [3.8, 4) is 0 Å². The molecule has 0 heterocycles. The van der Waals surface area contributed by atoms with Crippen LogP contribution in [0, 0.1) is 0 Å². The van der Waals surface area contributed by atoms with Gasteiger partial charge in [-0.1, -0.05) is 24.3 Å². The SMILES string of the molecule is NCc1ccc(S(=O)(=O)CCc2ccc(C(N)=O)cc2)cc1. The van der Waals surface area contributed by atoms with Gasteiger partial charge in [0.1, 0.15) is 0 Å². The highest BCUT2D eigenvalue weighted by Gasteiger charge is 2.14. The molecule has 2 rings (SSSR count). The molecular formula is C16H18N2O3S. The van der Waals surface area contributed by atoms with Crippen molar-refractivity contribution in [2.75, 3.05) is 5.75 Å². The van der Waals surface area contributed by atoms with Crippen LogP contribution in [0.15, 0.2) is 53.4 Å². The second-order valence-electron chi connectivity index (χ2n) is 4.98. The number of hydrogen-bond donors (Lipinski definition) is 2. The van der Waals surface area contributed by atoms with Gasteiger partial charge >= 0.3 is 0 Å². The van der Waals surface area contributed by atoms with E-state index in [1.54, 1.807) is 48.5 Å². The first-order valence-corrected chi connectivity index (χ1v) is 8.48. The number of sulfone groups is 1. The molecule has 0 saturated heterocycles. The third kappa shape index (κ3) is 3.93. The van der Waals surface area contributed by atoms with Crippen molar-refractivity contribution < 1.29 is 13.2 Å². The Morgan fingerprint density at radius 1 is 0.909 bits per heavy atom. The van der Waals surface area contributed by atoms with Crippen molar-refractivity contribution in [2.45, 2.75) is 17.9 Å². The average molecular weight is 318 g/mol. The fourth-order valence-electron chi connectivity index (χ4n) is 2.04. The van der Waals surface area contributed by atoms with Crippen LogP contribution in [-0.2, 0) is 22.8 Å². The number of carbonyl (C=O) groups excluding carboxylic acids is 1. The molecular weight excluding hydrogens is 300 g/mol. The summed E-state index contributed by atoms with van der Waals surface area (Å²) in [7, 11) is -3.34. The zero-order chi connectivity index (χ0) is 16.2. The van der Waals surface area contributed by atoms with Gasteiger partial charge in [0, 0.05) is 12.1 Å². The van der Waals surface area contributed by atoms with Crippen molar-refractivity contribution in [2.24, 2.45) is 11.5 Å². The van der Waals surface area contributed by atoms with Crippen LogP contribution in [-0.4, -0.2) is 20.1 Å². The van der Waals surface area contributed by atoms with Crippen molar-refractivity contribution >= 4 is 15.7 Å². The quantitative estimate of drug-likeness (QED) is 0.836. The number of amides is 1. The number of nitrogens with two attached hydrogens (primary N) is 2. The normalized spacial score (nSPS) is 11.3. The molecule has 22 heavy (non-hydrogen) atoms. The van der Waals surface area contributed by atoms with Crippen molar-refractivity contribution in [3.63, 3.8) is 0 Å². The Hall–Kier alpha value is -2.18. The molecule has 1 amide bonds. The topological polar surface area (TPSA) is 103 Å². The van der Waals surface area contributed by atoms with Crippen molar-refractivity contribution in [1.29, 1.82) is 0 Å². The van der Waals surface area contributed by atoms with Crippen LogP contribution in [0.2, 0.25) is 0 Å². The first-order valence-electron chi connectivity index (χ1n) is 6.83. The molecule has 0 aromatic heterocycles. The minimum atomic E-state index is -3.34. The Bertz CT molecular complexity index is 751. The molecule has 0 aliphatic rings. The molecule has 0 aliphatic carbocycles. The lowest BCUT2D eigenvalue weighted by Crippen LogP contribution is -2.12. The molecule has 0 aliphatic heterocycles. The van der Waals surface area contributed by atoms with Crippen LogP contribution in [0.5, 0.6) is 0 Å². The van der Waals surface area contributed by atoms with Gasteiger partial charge in [-0.25, -0.2) is 8.42 Å². The van der Waals surface area contributed by atoms with Gasteiger partial charge in [0.15, 0.2) is 9.84 Å². The Kier molecular flexibility index (Phi) is 4.95. The van der Waals surface area contributed by atoms with Gasteiger partial charge in [-0.2, -0.15) is 0 Å². The number of benzene rings is 2. The highest BCUT2D eigenvalue weighted by molar-refractivity contribution is 7.91. The third-order valence-electron chi connectivity index (χ3n) is 3.42. The maximum absolute atomic E-state index is 12.3. The van der Waals surface area contributed by atoms with Gasteiger partial charge < -0.3 is 11.5 Å². The van der Waals surface area contributed by atoms with E-state index in [0.717, 1.165) is 11.1 Å². The average Bonchev–Trinajstić information content (AvgIpc) is 2.53. The van der Waals surface area contributed by atoms with Gasteiger partial charge in [-0.15, -0.1) is 0 Å². The van der Waals surface area contributed by atoms with Gasteiger partial charge in [0.25, 0.3) is 0 Å². The minimum absolute atomic E-state index is 0.00485. The molecule has 6 heteroatoms. The summed E-state index contributed by atoms with van der Waals surface area (Å²) in [4.78, 5) is 11.3. The molecule has 4 N–H and O–H groups in total. The number of hydrogen-bond acceptors (Lipinski definition) is 4. The summed E-state index contributed by atoms with van der Waals surface area (Å²) in [5.74, 6) is -0.496. The molecule has 0 radical (unpaired) electrons. The van der Waals surface area contributed by atoms with Crippen LogP contribution < -0.4 is 11.5 Å². The molecule has 0 unspecified atom stereocenters. The van der Waals surface area contributed by atoms with Gasteiger partial charge in [0.05, 0.1) is 10.6 Å². The number of primary amides is 1. The Morgan fingerprint density at radius 3 is 1.95 bits per heavy atom. The van der Waals surface area contributed by atoms with Crippen LogP contribution in [0.4, 0.5) is 0 Å². The minimum Gasteiger partial charge on any atom is -0.366 e. The molecule has 0 saturated carbocycles. The molecule has 5 nitrogen and oxygen atoms in total. The number of carbonyl (C=O) groups is 1. The predicted octanol–water partition coefficient (Wildman–Crippen LogP) is 1.26. The lowest BCUT2D eigenvalue weighted by molar-refractivity contribution is 0.100. The second kappa shape index (κ2) is 6.72. The first kappa shape index (κ1) is 16.2. The summed E-state index contributed by atoms with van der Waals surface area (Å²) in [5.41, 5.74) is 12.8. The molecule has 2 aromatic carbocycles. The van der Waals surface area contributed by atoms with E-state index in [1.807, 2.05) is 0 Å². The van der Waals surface area contributed by atoms with Gasteiger partial charge in [-0.3, -0.25) is 4.79 Å². The molecule has 0 atom stereocenters. The van der Waals surface area contributed by atoms with Crippen molar-refractivity contribution in [1.82, 2.24) is 0 Å². The number of aryl methyl sites for hydroxylation is 1. The zero-order valence-corrected chi connectivity index (χ0v) is 12.8. The molecule has 0 spiro atoms. The molecule has 0 bridgehead atoms. The third-order valence-corrected chi connectivity index (χ3v) is 5.15. The first-order chi connectivity index (χ1) is 10.4. The number of rotatable bonds is 6. The summed E-state index contributed by atoms with van der Waals surface area (Å²) in [6, 6.07) is 13.2. The van der Waals surface area contributed by atoms with Crippen LogP contribution in [0.25, 0.3) is 0 Å². The zero-order valence-electron chi connectivity index (χ0n) is 12.0. The summed E-state index contributed by atoms with van der Waals surface area (Å²) in [6.45, 7) is 0.381. The summed E-state index contributed by atoms with van der Waals surface area (Å²) < 4.78 is 24.5. The largest absolute Gasteiger partial charge is 0.366 e. The maximum Gasteiger partial charge on any atom is 0.248 e. The van der Waals surface area contributed by atoms with E-state index in [0.29, 0.717) is 23.4 Å². The van der Waals surface area contributed by atoms with E-state index in [4.69, 9.17) is 11.5 Å². The molecule has 116 valence electrons. The van der Waals surface area contributed by atoms with Crippen LogP contribution >= 0.6 is 0 Å². The van der Waals surface area contributed by atoms with E-state index in [9.17, 15) is 13.2 Å². The lowest BCUT2D eigenvalue weighted by atomic mass is 10.1. The Morgan fingerprint density at radius 2 is 1.45 bits per heavy atom. The fourth-order valence-corrected chi connectivity index (χ4v) is 3.33. The standard InChI is InChI=1S/C16H18N2O3S/c17-11-13-3-7-15(8-4-13)22(20,21)10-9-12-1-5-14(6-2-12)16(18)19/h1-8H,9-11,17H2,(H2,18,19). The second-order valence-corrected chi connectivity index (χ2v) is 7.09. The summed E-state index contributed by atoms with van der Waals surface area (Å²) in [6.07, 6.45) is 0.375.